The Balaban J connectivity index is 1.20. The Bertz CT molecular complexity index is 1870. The van der Waals surface area contributed by atoms with E-state index in [2.05, 4.69) is 73.4 Å². The number of rotatable bonds is 10. The third-order valence-electron chi connectivity index (χ3n) is 11.0. The monoisotopic (exact) mass is 669 g/mol. The van der Waals surface area contributed by atoms with Crippen LogP contribution in [0.4, 0.5) is 0 Å². The highest BCUT2D eigenvalue weighted by Gasteiger charge is 2.38. The Labute approximate surface area is 282 Å². The molecule has 0 spiro atoms. The molecule has 1 saturated heterocycles. The van der Waals surface area contributed by atoms with Crippen LogP contribution >= 0.6 is 0 Å². The summed E-state index contributed by atoms with van der Waals surface area (Å²) in [6, 6.07) is 18.5. The maximum absolute atomic E-state index is 12.9. The summed E-state index contributed by atoms with van der Waals surface area (Å²) >= 11 is 0. The van der Waals surface area contributed by atoms with E-state index in [1.165, 1.54) is 48.9 Å². The van der Waals surface area contributed by atoms with E-state index in [0.717, 1.165) is 66.1 Å². The van der Waals surface area contributed by atoms with Gasteiger partial charge in [0.25, 0.3) is 0 Å². The quantitative estimate of drug-likeness (QED) is 0.0960. The third-order valence-corrected chi connectivity index (χ3v) is 15.0. The maximum Gasteiger partial charge on any atom is 0.181 e. The molecule has 4 aromatic rings. The van der Waals surface area contributed by atoms with Gasteiger partial charge in [-0.05, 0) is 118 Å². The van der Waals surface area contributed by atoms with Crippen LogP contribution in [0.25, 0.3) is 33.3 Å². The molecule has 47 heavy (non-hydrogen) atoms. The van der Waals surface area contributed by atoms with Gasteiger partial charge in [0, 0.05) is 55.2 Å². The summed E-state index contributed by atoms with van der Waals surface area (Å²) in [5, 5.41) is 0.841. The zero-order valence-corrected chi connectivity index (χ0v) is 30.7. The van der Waals surface area contributed by atoms with E-state index in [-0.39, 0.29) is 10.8 Å². The number of aromatic nitrogens is 2. The number of fused-ring (bicyclic) bond motifs is 2. The van der Waals surface area contributed by atoms with Gasteiger partial charge in [0.2, 0.25) is 0 Å². The lowest BCUT2D eigenvalue weighted by Crippen LogP contribution is -2.48. The summed E-state index contributed by atoms with van der Waals surface area (Å²) in [5.41, 5.74) is 8.45. The molecule has 8 heteroatoms. The van der Waals surface area contributed by atoms with Gasteiger partial charge >= 0.3 is 0 Å². The Morgan fingerprint density at radius 3 is 2.34 bits per heavy atom. The number of likely N-dealkylation sites (tertiary alicyclic amines) is 1. The predicted octanol–water partition coefficient (Wildman–Crippen LogP) is 8.74. The Hall–Kier alpha value is -2.78. The van der Waals surface area contributed by atoms with Gasteiger partial charge in [-0.1, -0.05) is 50.0 Å². The second-order valence-corrected chi connectivity index (χ2v) is 23.7. The largest absolute Gasteiger partial charge is 0.361 e. The number of nitrogens with zero attached hydrogens (tertiary/aromatic N) is 3. The highest BCUT2D eigenvalue weighted by Crippen LogP contribution is 2.39. The minimum Gasteiger partial charge on any atom is -0.361 e. The molecule has 2 aliphatic carbocycles. The first-order valence-electron chi connectivity index (χ1n) is 17.7. The van der Waals surface area contributed by atoms with Crippen molar-refractivity contribution in [3.63, 3.8) is 0 Å². The van der Waals surface area contributed by atoms with E-state index in [9.17, 15) is 8.42 Å². The standard InChI is InChI=1S/C39H51N3O3SSi/c1-28-7-6-20-42(28)39(2)18-16-29-8-9-31(23-32(29)17-19-39)33-24-36-37(30-10-12-34(13-11-30)46(43,44)35-14-15-35)26-41(38(36)40-25-33)27-45-21-22-47(3,4)5/h8-13,23-26,28,35H,6-7,14-22,27H2,1-5H3/t28-,39?/m1/s1. The number of sulfone groups is 1. The van der Waals surface area contributed by atoms with Crippen molar-refractivity contribution in [2.24, 2.45) is 0 Å². The summed E-state index contributed by atoms with van der Waals surface area (Å²) in [6.45, 7) is 14.4. The van der Waals surface area contributed by atoms with Crippen LogP contribution in [-0.2, 0) is 34.1 Å². The average molecular weight is 670 g/mol. The molecule has 3 aliphatic rings. The van der Waals surface area contributed by atoms with Crippen molar-refractivity contribution in [3.05, 3.63) is 72.1 Å². The van der Waals surface area contributed by atoms with Crippen LogP contribution in [0.5, 0.6) is 0 Å². The van der Waals surface area contributed by atoms with Crippen LogP contribution < -0.4 is 0 Å². The van der Waals surface area contributed by atoms with Crippen molar-refractivity contribution in [1.82, 2.24) is 14.5 Å². The van der Waals surface area contributed by atoms with Gasteiger partial charge in [-0.25, -0.2) is 13.4 Å². The van der Waals surface area contributed by atoms with E-state index in [4.69, 9.17) is 9.72 Å². The van der Waals surface area contributed by atoms with Crippen LogP contribution in [0, 0.1) is 0 Å². The fourth-order valence-corrected chi connectivity index (χ4v) is 10.2. The summed E-state index contributed by atoms with van der Waals surface area (Å²) in [5.74, 6) is 0. The molecule has 6 nitrogen and oxygen atoms in total. The van der Waals surface area contributed by atoms with Gasteiger partial charge in [0.05, 0.1) is 10.1 Å². The topological polar surface area (TPSA) is 64.4 Å². The second kappa shape index (κ2) is 12.6. The number of ether oxygens (including phenoxy) is 1. The summed E-state index contributed by atoms with van der Waals surface area (Å²) in [6.07, 6.45) is 12.9. The van der Waals surface area contributed by atoms with Crippen LogP contribution in [0.1, 0.15) is 63.5 Å². The third kappa shape index (κ3) is 6.76. The molecule has 2 fully saturated rings. The average Bonchev–Trinajstić information content (AvgIpc) is 3.77. The van der Waals surface area contributed by atoms with Gasteiger partial charge in [0.15, 0.2) is 9.84 Å². The first-order valence-corrected chi connectivity index (χ1v) is 23.0. The summed E-state index contributed by atoms with van der Waals surface area (Å²) in [4.78, 5) is 8.22. The Kier molecular flexibility index (Phi) is 8.77. The van der Waals surface area contributed by atoms with E-state index < -0.39 is 17.9 Å². The van der Waals surface area contributed by atoms with Crippen molar-refractivity contribution < 1.29 is 13.2 Å². The van der Waals surface area contributed by atoms with Gasteiger partial charge in [-0.3, -0.25) is 4.90 Å². The van der Waals surface area contributed by atoms with Crippen molar-refractivity contribution in [1.29, 1.82) is 0 Å². The van der Waals surface area contributed by atoms with E-state index in [0.29, 0.717) is 17.7 Å². The van der Waals surface area contributed by atoms with Gasteiger partial charge in [0.1, 0.15) is 12.4 Å². The molecule has 250 valence electrons. The molecule has 7 rings (SSSR count). The van der Waals surface area contributed by atoms with Crippen molar-refractivity contribution >= 4 is 28.9 Å². The van der Waals surface area contributed by atoms with E-state index in [1.54, 1.807) is 12.1 Å². The smallest absolute Gasteiger partial charge is 0.181 e. The minimum absolute atomic E-state index is 0.214. The SMILES string of the molecule is C[C@@H]1CCCN1C1(C)CCc2ccc(-c3cnc4c(c3)c(-c3ccc(S(=O)(=O)C5CC5)cc3)cn4COCC[Si](C)(C)C)cc2CC1. The normalized spacial score (nSPS) is 22.4. The first kappa shape index (κ1) is 32.7. The van der Waals surface area contributed by atoms with Gasteiger partial charge in [-0.2, -0.15) is 0 Å². The molecular weight excluding hydrogens is 619 g/mol. The Morgan fingerprint density at radius 1 is 0.936 bits per heavy atom. The maximum atomic E-state index is 12.9. The molecular formula is C39H51N3O3SSi. The minimum atomic E-state index is -3.23. The lowest BCUT2D eigenvalue weighted by Gasteiger charge is -2.41. The first-order chi connectivity index (χ1) is 22.4. The van der Waals surface area contributed by atoms with Crippen molar-refractivity contribution in [2.75, 3.05) is 13.2 Å². The predicted molar refractivity (Wildman–Crippen MR) is 195 cm³/mol. The molecule has 1 aliphatic heterocycles. The summed E-state index contributed by atoms with van der Waals surface area (Å²) in [7, 11) is -4.43. The summed E-state index contributed by atoms with van der Waals surface area (Å²) < 4.78 is 34.1. The number of hydrogen-bond acceptors (Lipinski definition) is 5. The number of hydrogen-bond donors (Lipinski definition) is 0. The highest BCUT2D eigenvalue weighted by atomic mass is 32.2. The highest BCUT2D eigenvalue weighted by molar-refractivity contribution is 7.92. The number of pyridine rings is 1. The molecule has 2 aromatic carbocycles. The lowest BCUT2D eigenvalue weighted by molar-refractivity contribution is 0.0821. The zero-order valence-electron chi connectivity index (χ0n) is 28.9. The molecule has 0 amide bonds. The lowest BCUT2D eigenvalue weighted by atomic mass is 9.89. The fourth-order valence-electron chi connectivity index (χ4n) is 7.83. The fraction of sp³-hybridized carbons (Fsp3) is 0.513. The Morgan fingerprint density at radius 2 is 1.66 bits per heavy atom. The number of aryl methyl sites for hydroxylation is 2. The van der Waals surface area contributed by atoms with Gasteiger partial charge in [-0.15, -0.1) is 0 Å². The number of benzene rings is 2. The molecule has 0 radical (unpaired) electrons. The van der Waals surface area contributed by atoms with Crippen LogP contribution in [0.2, 0.25) is 25.7 Å². The van der Waals surface area contributed by atoms with Crippen molar-refractivity contribution in [2.45, 2.75) is 119 Å². The van der Waals surface area contributed by atoms with Crippen LogP contribution in [0.15, 0.2) is 65.8 Å². The van der Waals surface area contributed by atoms with Gasteiger partial charge < -0.3 is 9.30 Å². The van der Waals surface area contributed by atoms with Crippen LogP contribution in [0.3, 0.4) is 0 Å². The van der Waals surface area contributed by atoms with E-state index in [1.807, 2.05) is 18.3 Å². The molecule has 0 N–H and O–H groups in total. The van der Waals surface area contributed by atoms with E-state index >= 15 is 0 Å². The van der Waals surface area contributed by atoms with Crippen LogP contribution in [-0.4, -0.2) is 60.9 Å². The second-order valence-electron chi connectivity index (χ2n) is 15.9. The molecule has 3 heterocycles. The molecule has 2 atom stereocenters. The van der Waals surface area contributed by atoms with Crippen molar-refractivity contribution in [3.8, 4) is 22.3 Å². The molecule has 2 aromatic heterocycles. The zero-order chi connectivity index (χ0) is 33.0. The molecule has 1 saturated carbocycles. The molecule has 1 unspecified atom stereocenters. The molecule has 0 bridgehead atoms.